The molecule has 1 aromatic heterocycles. The predicted molar refractivity (Wildman–Crippen MR) is 74.2 cm³/mol. The Hall–Kier alpha value is -2.56. The van der Waals surface area contributed by atoms with E-state index in [1.807, 2.05) is 6.92 Å². The smallest absolute Gasteiger partial charge is 0.256 e. The summed E-state index contributed by atoms with van der Waals surface area (Å²) < 4.78 is 0. The van der Waals surface area contributed by atoms with Crippen molar-refractivity contribution in [3.63, 3.8) is 0 Å². The molecule has 2 aromatic rings. The van der Waals surface area contributed by atoms with Gasteiger partial charge in [-0.3, -0.25) is 4.79 Å². The summed E-state index contributed by atoms with van der Waals surface area (Å²) in [6.07, 6.45) is 1.51. The van der Waals surface area contributed by atoms with Gasteiger partial charge in [-0.15, -0.1) is 0 Å². The zero-order valence-corrected chi connectivity index (χ0v) is 10.8. The van der Waals surface area contributed by atoms with Gasteiger partial charge in [0.05, 0.1) is 11.9 Å². The molecular weight excluding hydrogens is 242 g/mol. The molecule has 0 fully saturated rings. The lowest BCUT2D eigenvalue weighted by atomic mass is 10.1. The lowest BCUT2D eigenvalue weighted by Crippen LogP contribution is -2.13. The topological polar surface area (TPSA) is 88.2 Å². The number of nitrogen functional groups attached to an aromatic ring is 1. The molecule has 98 valence electrons. The molecule has 1 amide bonds. The van der Waals surface area contributed by atoms with E-state index in [1.165, 1.54) is 12.3 Å². The number of carbonyl (C=O) groups is 1. The maximum absolute atomic E-state index is 12.0. The third kappa shape index (κ3) is 2.82. The molecule has 0 saturated carbocycles. The normalized spacial score (nSPS) is 10.2. The number of aromatic nitrogens is 1. The molecule has 0 atom stereocenters. The minimum Gasteiger partial charge on any atom is -0.508 e. The van der Waals surface area contributed by atoms with Gasteiger partial charge in [0.15, 0.2) is 0 Å². The SMILES string of the molecule is Cc1cc(NC(=O)c2ccc(O)c(C)c2)ncc1N. The summed E-state index contributed by atoms with van der Waals surface area (Å²) in [4.78, 5) is 16.0. The second kappa shape index (κ2) is 4.97. The van der Waals surface area contributed by atoms with E-state index in [2.05, 4.69) is 10.3 Å². The van der Waals surface area contributed by atoms with Gasteiger partial charge in [-0.25, -0.2) is 4.98 Å². The highest BCUT2D eigenvalue weighted by atomic mass is 16.3. The van der Waals surface area contributed by atoms with Crippen molar-refractivity contribution in [1.29, 1.82) is 0 Å². The number of aryl methyl sites for hydroxylation is 2. The van der Waals surface area contributed by atoms with Gasteiger partial charge in [0.2, 0.25) is 0 Å². The summed E-state index contributed by atoms with van der Waals surface area (Å²) in [7, 11) is 0. The Balaban J connectivity index is 2.20. The highest BCUT2D eigenvalue weighted by Crippen LogP contribution is 2.18. The maximum atomic E-state index is 12.0. The summed E-state index contributed by atoms with van der Waals surface area (Å²) in [5.74, 6) is 0.334. The predicted octanol–water partition coefficient (Wildman–Crippen LogP) is 2.24. The van der Waals surface area contributed by atoms with Crippen LogP contribution in [0.3, 0.4) is 0 Å². The fourth-order valence-electron chi connectivity index (χ4n) is 1.62. The van der Waals surface area contributed by atoms with Crippen LogP contribution in [0.2, 0.25) is 0 Å². The molecule has 0 aliphatic carbocycles. The van der Waals surface area contributed by atoms with E-state index in [9.17, 15) is 9.90 Å². The molecule has 1 aromatic carbocycles. The van der Waals surface area contributed by atoms with Crippen LogP contribution in [0.25, 0.3) is 0 Å². The number of nitrogens with zero attached hydrogens (tertiary/aromatic N) is 1. The number of phenolic OH excluding ortho intramolecular Hbond substituents is 1. The third-order valence-corrected chi connectivity index (χ3v) is 2.85. The molecule has 0 radical (unpaired) electrons. The van der Waals surface area contributed by atoms with Crippen LogP contribution in [0.5, 0.6) is 5.75 Å². The summed E-state index contributed by atoms with van der Waals surface area (Å²) in [6, 6.07) is 6.38. The van der Waals surface area contributed by atoms with Crippen molar-refractivity contribution < 1.29 is 9.90 Å². The Labute approximate surface area is 111 Å². The van der Waals surface area contributed by atoms with Crippen molar-refractivity contribution >= 4 is 17.4 Å². The van der Waals surface area contributed by atoms with Crippen molar-refractivity contribution in [2.24, 2.45) is 0 Å². The number of hydrogen-bond donors (Lipinski definition) is 3. The van der Waals surface area contributed by atoms with Gasteiger partial charge in [-0.1, -0.05) is 0 Å². The van der Waals surface area contributed by atoms with Gasteiger partial charge in [0, 0.05) is 5.56 Å². The number of nitrogens with one attached hydrogen (secondary N) is 1. The fraction of sp³-hybridized carbons (Fsp3) is 0.143. The number of carbonyl (C=O) groups excluding carboxylic acids is 1. The zero-order valence-electron chi connectivity index (χ0n) is 10.8. The molecule has 2 rings (SSSR count). The van der Waals surface area contributed by atoms with Crippen LogP contribution < -0.4 is 11.1 Å². The van der Waals surface area contributed by atoms with E-state index in [-0.39, 0.29) is 11.7 Å². The third-order valence-electron chi connectivity index (χ3n) is 2.85. The van der Waals surface area contributed by atoms with E-state index in [4.69, 9.17) is 5.73 Å². The lowest BCUT2D eigenvalue weighted by Gasteiger charge is -2.07. The highest BCUT2D eigenvalue weighted by Gasteiger charge is 2.09. The van der Waals surface area contributed by atoms with Crippen molar-refractivity contribution in [3.8, 4) is 5.75 Å². The molecule has 0 aliphatic rings. The first-order valence-corrected chi connectivity index (χ1v) is 5.80. The van der Waals surface area contributed by atoms with Crippen molar-refractivity contribution in [3.05, 3.63) is 47.2 Å². The molecule has 5 heteroatoms. The molecule has 1 heterocycles. The molecule has 19 heavy (non-hydrogen) atoms. The van der Waals surface area contributed by atoms with Crippen molar-refractivity contribution in [2.75, 3.05) is 11.1 Å². The number of aromatic hydroxyl groups is 1. The standard InChI is InChI=1S/C14H15N3O2/c1-8-6-13(16-7-11(8)15)17-14(19)10-3-4-12(18)9(2)5-10/h3-7,18H,15H2,1-2H3,(H,16,17,19). The van der Waals surface area contributed by atoms with Crippen molar-refractivity contribution in [1.82, 2.24) is 4.98 Å². The van der Waals surface area contributed by atoms with Crippen LogP contribution in [0, 0.1) is 13.8 Å². The lowest BCUT2D eigenvalue weighted by molar-refractivity contribution is 0.102. The molecule has 0 saturated heterocycles. The molecule has 4 N–H and O–H groups in total. The van der Waals surface area contributed by atoms with Crippen LogP contribution in [0.4, 0.5) is 11.5 Å². The van der Waals surface area contributed by atoms with E-state index < -0.39 is 0 Å². The van der Waals surface area contributed by atoms with E-state index >= 15 is 0 Å². The number of rotatable bonds is 2. The number of nitrogens with two attached hydrogens (primary N) is 1. The first-order chi connectivity index (χ1) is 8.97. The first kappa shape index (κ1) is 12.9. The van der Waals surface area contributed by atoms with E-state index in [0.29, 0.717) is 22.6 Å². The number of hydrogen-bond acceptors (Lipinski definition) is 4. The zero-order chi connectivity index (χ0) is 14.0. The summed E-state index contributed by atoms with van der Waals surface area (Å²) in [6.45, 7) is 3.58. The van der Waals surface area contributed by atoms with Crippen molar-refractivity contribution in [2.45, 2.75) is 13.8 Å². The number of benzene rings is 1. The summed E-state index contributed by atoms with van der Waals surface area (Å²) in [5.41, 5.74) is 8.21. The average Bonchev–Trinajstić information content (AvgIpc) is 2.37. The molecule has 0 aliphatic heterocycles. The molecule has 0 bridgehead atoms. The number of anilines is 2. The maximum Gasteiger partial charge on any atom is 0.256 e. The van der Waals surface area contributed by atoms with Crippen LogP contribution in [-0.4, -0.2) is 16.0 Å². The van der Waals surface area contributed by atoms with E-state index in [1.54, 1.807) is 25.1 Å². The average molecular weight is 257 g/mol. The van der Waals surface area contributed by atoms with Gasteiger partial charge < -0.3 is 16.2 Å². The second-order valence-electron chi connectivity index (χ2n) is 4.38. The first-order valence-electron chi connectivity index (χ1n) is 5.80. The fourth-order valence-corrected chi connectivity index (χ4v) is 1.62. The molecule has 5 nitrogen and oxygen atoms in total. The van der Waals surface area contributed by atoms with Crippen LogP contribution in [-0.2, 0) is 0 Å². The van der Waals surface area contributed by atoms with Crippen LogP contribution >= 0.6 is 0 Å². The highest BCUT2D eigenvalue weighted by molar-refractivity contribution is 6.04. The summed E-state index contributed by atoms with van der Waals surface area (Å²) in [5, 5.41) is 12.1. The molecule has 0 unspecified atom stereocenters. The minimum absolute atomic E-state index is 0.165. The quantitative estimate of drug-likeness (QED) is 0.769. The largest absolute Gasteiger partial charge is 0.508 e. The van der Waals surface area contributed by atoms with Gasteiger partial charge in [0.1, 0.15) is 11.6 Å². The van der Waals surface area contributed by atoms with Gasteiger partial charge in [-0.2, -0.15) is 0 Å². The van der Waals surface area contributed by atoms with Gasteiger partial charge in [0.25, 0.3) is 5.91 Å². The van der Waals surface area contributed by atoms with Gasteiger partial charge in [-0.05, 0) is 49.2 Å². The Kier molecular flexibility index (Phi) is 3.37. The Bertz CT molecular complexity index is 639. The number of amides is 1. The Morgan fingerprint density at radius 2 is 2.00 bits per heavy atom. The second-order valence-corrected chi connectivity index (χ2v) is 4.38. The van der Waals surface area contributed by atoms with Gasteiger partial charge >= 0.3 is 0 Å². The number of phenols is 1. The van der Waals surface area contributed by atoms with E-state index in [0.717, 1.165) is 5.56 Å². The van der Waals surface area contributed by atoms with Crippen LogP contribution in [0.15, 0.2) is 30.5 Å². The molecule has 0 spiro atoms. The van der Waals surface area contributed by atoms with Crippen LogP contribution in [0.1, 0.15) is 21.5 Å². The monoisotopic (exact) mass is 257 g/mol. The Morgan fingerprint density at radius 1 is 1.26 bits per heavy atom. The Morgan fingerprint density at radius 3 is 2.63 bits per heavy atom. The summed E-state index contributed by atoms with van der Waals surface area (Å²) >= 11 is 0. The molecular formula is C14H15N3O2. The number of pyridine rings is 1. The minimum atomic E-state index is -0.278.